The summed E-state index contributed by atoms with van der Waals surface area (Å²) in [6.45, 7) is 2.06. The third-order valence-electron chi connectivity index (χ3n) is 3.34. The summed E-state index contributed by atoms with van der Waals surface area (Å²) in [5.41, 5.74) is 6.94. The number of benzene rings is 2. The summed E-state index contributed by atoms with van der Waals surface area (Å²) < 4.78 is 0. The van der Waals surface area contributed by atoms with Gasteiger partial charge in [0.05, 0.1) is 5.56 Å². The van der Waals surface area contributed by atoms with Crippen molar-refractivity contribution in [3.63, 3.8) is 0 Å². The molecule has 1 unspecified atom stereocenters. The molecule has 0 aliphatic heterocycles. The van der Waals surface area contributed by atoms with Crippen LogP contribution in [0.15, 0.2) is 36.4 Å². The first-order chi connectivity index (χ1) is 9.61. The second-order valence-electron chi connectivity index (χ2n) is 5.03. The summed E-state index contributed by atoms with van der Waals surface area (Å²) in [4.78, 5) is 12.2. The average molecular weight is 272 g/mol. The molecule has 4 heteroatoms. The first kappa shape index (κ1) is 14.3. The molecule has 0 bridgehead atoms. The maximum Gasteiger partial charge on any atom is 0.253 e. The van der Waals surface area contributed by atoms with Crippen molar-refractivity contribution in [3.05, 3.63) is 42.0 Å². The Morgan fingerprint density at radius 2 is 1.95 bits per heavy atom. The molecule has 2 aromatic rings. The van der Waals surface area contributed by atoms with E-state index in [0.717, 1.165) is 17.2 Å². The number of nitrogens with one attached hydrogen (secondary N) is 1. The molecule has 0 aliphatic rings. The van der Waals surface area contributed by atoms with Gasteiger partial charge in [-0.25, -0.2) is 0 Å². The topological polar surface area (TPSA) is 75.3 Å². The van der Waals surface area contributed by atoms with Crippen LogP contribution in [0.3, 0.4) is 0 Å². The zero-order chi connectivity index (χ0) is 14.5. The van der Waals surface area contributed by atoms with Gasteiger partial charge >= 0.3 is 0 Å². The summed E-state index contributed by atoms with van der Waals surface area (Å²) in [5, 5.41) is 13.7. The minimum atomic E-state index is -0.168. The number of fused-ring (bicyclic) bond motifs is 1. The molecule has 106 valence electrons. The highest BCUT2D eigenvalue weighted by molar-refractivity contribution is 6.04. The largest absolute Gasteiger partial charge is 0.398 e. The van der Waals surface area contributed by atoms with Crippen molar-refractivity contribution >= 4 is 22.4 Å². The van der Waals surface area contributed by atoms with Crippen LogP contribution in [0, 0.1) is 0 Å². The Bertz CT molecular complexity index is 610. The van der Waals surface area contributed by atoms with E-state index in [9.17, 15) is 4.79 Å². The number of rotatable bonds is 5. The number of hydrogen-bond donors (Lipinski definition) is 3. The first-order valence-electron chi connectivity index (χ1n) is 6.82. The molecule has 1 atom stereocenters. The monoisotopic (exact) mass is 272 g/mol. The molecule has 20 heavy (non-hydrogen) atoms. The molecule has 0 fully saturated rings. The summed E-state index contributed by atoms with van der Waals surface area (Å²) in [6.07, 6.45) is 1.42. The molecular formula is C16H20N2O2. The van der Waals surface area contributed by atoms with Crippen molar-refractivity contribution in [2.45, 2.75) is 25.8 Å². The standard InChI is InChI=1S/C16H20N2O2/c1-11(5-4-8-19)18-16(20)14-9-12-6-2-3-7-13(12)10-15(14)17/h2-3,6-7,9-11,19H,4-5,8,17H2,1H3,(H,18,20). The van der Waals surface area contributed by atoms with Crippen molar-refractivity contribution < 1.29 is 9.90 Å². The molecule has 1 amide bonds. The molecule has 2 aromatic carbocycles. The highest BCUT2D eigenvalue weighted by atomic mass is 16.2. The van der Waals surface area contributed by atoms with Crippen molar-refractivity contribution in [2.24, 2.45) is 0 Å². The predicted molar refractivity (Wildman–Crippen MR) is 81.6 cm³/mol. The van der Waals surface area contributed by atoms with Gasteiger partial charge in [-0.1, -0.05) is 24.3 Å². The molecule has 2 rings (SSSR count). The van der Waals surface area contributed by atoms with Crippen LogP contribution in [0.25, 0.3) is 10.8 Å². The lowest BCUT2D eigenvalue weighted by atomic mass is 10.0. The van der Waals surface area contributed by atoms with E-state index in [1.807, 2.05) is 43.3 Å². The van der Waals surface area contributed by atoms with E-state index in [-0.39, 0.29) is 18.6 Å². The van der Waals surface area contributed by atoms with Crippen LogP contribution in [0.2, 0.25) is 0 Å². The molecule has 0 aromatic heterocycles. The van der Waals surface area contributed by atoms with Crippen LogP contribution in [-0.4, -0.2) is 23.7 Å². The highest BCUT2D eigenvalue weighted by Crippen LogP contribution is 2.22. The summed E-state index contributed by atoms with van der Waals surface area (Å²) >= 11 is 0. The van der Waals surface area contributed by atoms with Gasteiger partial charge in [-0.3, -0.25) is 4.79 Å². The minimum Gasteiger partial charge on any atom is -0.398 e. The molecule has 4 N–H and O–H groups in total. The van der Waals surface area contributed by atoms with E-state index in [2.05, 4.69) is 5.32 Å². The number of aliphatic hydroxyl groups is 1. The van der Waals surface area contributed by atoms with Crippen LogP contribution in [-0.2, 0) is 0 Å². The minimum absolute atomic E-state index is 0.0144. The highest BCUT2D eigenvalue weighted by Gasteiger charge is 2.13. The number of nitrogens with two attached hydrogens (primary N) is 1. The molecule has 0 aliphatic carbocycles. The van der Waals surface area contributed by atoms with Crippen molar-refractivity contribution in [3.8, 4) is 0 Å². The number of nitrogen functional groups attached to an aromatic ring is 1. The number of carbonyl (C=O) groups excluding carboxylic acids is 1. The van der Waals surface area contributed by atoms with Crippen LogP contribution >= 0.6 is 0 Å². The number of amides is 1. The Morgan fingerprint density at radius 1 is 1.30 bits per heavy atom. The molecule has 0 heterocycles. The van der Waals surface area contributed by atoms with Gasteiger partial charge in [-0.2, -0.15) is 0 Å². The number of carbonyl (C=O) groups is 1. The summed E-state index contributed by atoms with van der Waals surface area (Å²) in [5.74, 6) is -0.168. The third kappa shape index (κ3) is 3.27. The molecule has 4 nitrogen and oxygen atoms in total. The van der Waals surface area contributed by atoms with Crippen molar-refractivity contribution in [1.29, 1.82) is 0 Å². The number of anilines is 1. The Hall–Kier alpha value is -2.07. The summed E-state index contributed by atoms with van der Waals surface area (Å²) in [7, 11) is 0. The fourth-order valence-electron chi connectivity index (χ4n) is 2.23. The summed E-state index contributed by atoms with van der Waals surface area (Å²) in [6, 6.07) is 11.5. The molecule has 0 radical (unpaired) electrons. The molecule has 0 spiro atoms. The quantitative estimate of drug-likeness (QED) is 0.731. The zero-order valence-corrected chi connectivity index (χ0v) is 11.6. The second-order valence-corrected chi connectivity index (χ2v) is 5.03. The van der Waals surface area contributed by atoms with Gasteiger partial charge in [0.1, 0.15) is 0 Å². The second kappa shape index (κ2) is 6.39. The average Bonchev–Trinajstić information content (AvgIpc) is 2.44. The van der Waals surface area contributed by atoms with E-state index in [4.69, 9.17) is 10.8 Å². The van der Waals surface area contributed by atoms with Gasteiger partial charge in [0, 0.05) is 18.3 Å². The van der Waals surface area contributed by atoms with E-state index < -0.39 is 0 Å². The van der Waals surface area contributed by atoms with Gasteiger partial charge in [-0.05, 0) is 42.7 Å². The SMILES string of the molecule is CC(CCCO)NC(=O)c1cc2ccccc2cc1N. The van der Waals surface area contributed by atoms with Gasteiger partial charge in [0.15, 0.2) is 0 Å². The van der Waals surface area contributed by atoms with Crippen LogP contribution < -0.4 is 11.1 Å². The smallest absolute Gasteiger partial charge is 0.253 e. The Balaban J connectivity index is 2.19. The Morgan fingerprint density at radius 3 is 2.60 bits per heavy atom. The molecule has 0 saturated carbocycles. The van der Waals surface area contributed by atoms with E-state index in [0.29, 0.717) is 17.7 Å². The Labute approximate surface area is 118 Å². The fourth-order valence-corrected chi connectivity index (χ4v) is 2.23. The Kier molecular flexibility index (Phi) is 4.58. The van der Waals surface area contributed by atoms with Gasteiger partial charge in [-0.15, -0.1) is 0 Å². The van der Waals surface area contributed by atoms with E-state index in [1.54, 1.807) is 0 Å². The van der Waals surface area contributed by atoms with E-state index >= 15 is 0 Å². The van der Waals surface area contributed by atoms with Gasteiger partial charge in [0.25, 0.3) is 5.91 Å². The zero-order valence-electron chi connectivity index (χ0n) is 11.6. The van der Waals surface area contributed by atoms with E-state index in [1.165, 1.54) is 0 Å². The van der Waals surface area contributed by atoms with Crippen LogP contribution in [0.1, 0.15) is 30.1 Å². The predicted octanol–water partition coefficient (Wildman–Crippen LogP) is 2.31. The fraction of sp³-hybridized carbons (Fsp3) is 0.312. The van der Waals surface area contributed by atoms with Crippen LogP contribution in [0.4, 0.5) is 5.69 Å². The third-order valence-corrected chi connectivity index (χ3v) is 3.34. The van der Waals surface area contributed by atoms with Crippen molar-refractivity contribution in [2.75, 3.05) is 12.3 Å². The number of aliphatic hydroxyl groups excluding tert-OH is 1. The van der Waals surface area contributed by atoms with Crippen molar-refractivity contribution in [1.82, 2.24) is 5.32 Å². The lowest BCUT2D eigenvalue weighted by Gasteiger charge is -2.14. The van der Waals surface area contributed by atoms with Gasteiger partial charge in [0.2, 0.25) is 0 Å². The van der Waals surface area contributed by atoms with Crippen LogP contribution in [0.5, 0.6) is 0 Å². The normalized spacial score (nSPS) is 12.3. The molecule has 0 saturated heterocycles. The maximum atomic E-state index is 12.2. The molecular weight excluding hydrogens is 252 g/mol. The lowest BCUT2D eigenvalue weighted by Crippen LogP contribution is -2.33. The maximum absolute atomic E-state index is 12.2. The van der Waals surface area contributed by atoms with Gasteiger partial charge < -0.3 is 16.2 Å². The number of hydrogen-bond acceptors (Lipinski definition) is 3. The first-order valence-corrected chi connectivity index (χ1v) is 6.82. The lowest BCUT2D eigenvalue weighted by molar-refractivity contribution is 0.0937.